The van der Waals surface area contributed by atoms with Gasteiger partial charge in [0.15, 0.2) is 0 Å². The van der Waals surface area contributed by atoms with Gasteiger partial charge in [0.25, 0.3) is 0 Å². The number of rotatable bonds is 3. The van der Waals surface area contributed by atoms with Crippen LogP contribution in [0.3, 0.4) is 0 Å². The minimum atomic E-state index is -4.38. The monoisotopic (exact) mass is 647 g/mol. The Morgan fingerprint density at radius 1 is 0.562 bits per heavy atom. The summed E-state index contributed by atoms with van der Waals surface area (Å²) in [7, 11) is 0. The SMILES string of the molecule is FC(F)(F)c1ccc(C2CCC(c3ccc(-c4cccc5c4sc4ccccc45)cc3)=Nc3c2c2ccccc2c2ccccc32)cc1. The summed E-state index contributed by atoms with van der Waals surface area (Å²) in [5, 5.41) is 6.94. The quantitative estimate of drug-likeness (QED) is 0.169. The summed E-state index contributed by atoms with van der Waals surface area (Å²) in [5.41, 5.74) is 6.63. The normalized spacial score (nSPS) is 15.1. The smallest absolute Gasteiger partial charge is 0.252 e. The minimum absolute atomic E-state index is 0.122. The second-order valence-corrected chi connectivity index (χ2v) is 13.5. The number of alkyl halides is 3. The highest BCUT2D eigenvalue weighted by Crippen LogP contribution is 2.48. The van der Waals surface area contributed by atoms with Crippen LogP contribution < -0.4 is 0 Å². The van der Waals surface area contributed by atoms with Gasteiger partial charge < -0.3 is 0 Å². The number of halogens is 3. The molecule has 9 rings (SSSR count). The van der Waals surface area contributed by atoms with Crippen molar-refractivity contribution in [2.24, 2.45) is 4.99 Å². The average molecular weight is 648 g/mol. The van der Waals surface area contributed by atoms with E-state index >= 15 is 0 Å². The molecule has 1 unspecified atom stereocenters. The van der Waals surface area contributed by atoms with Crippen molar-refractivity contribution in [2.45, 2.75) is 24.9 Å². The van der Waals surface area contributed by atoms with E-state index in [-0.39, 0.29) is 5.92 Å². The van der Waals surface area contributed by atoms with Gasteiger partial charge in [-0.1, -0.05) is 121 Å². The lowest BCUT2D eigenvalue weighted by molar-refractivity contribution is -0.137. The molecule has 8 aromatic rings. The predicted molar refractivity (Wildman–Crippen MR) is 195 cm³/mol. The molecule has 0 aliphatic carbocycles. The molecule has 1 aromatic heterocycles. The molecule has 1 nitrogen and oxygen atoms in total. The van der Waals surface area contributed by atoms with Gasteiger partial charge in [-0.25, -0.2) is 0 Å². The first-order chi connectivity index (χ1) is 23.4. The topological polar surface area (TPSA) is 12.4 Å². The van der Waals surface area contributed by atoms with Crippen molar-refractivity contribution in [1.82, 2.24) is 0 Å². The fourth-order valence-corrected chi connectivity index (χ4v) is 8.74. The van der Waals surface area contributed by atoms with Crippen LogP contribution in [0, 0.1) is 0 Å². The Balaban J connectivity index is 1.19. The molecule has 5 heteroatoms. The van der Waals surface area contributed by atoms with Gasteiger partial charge in [0, 0.05) is 37.2 Å². The van der Waals surface area contributed by atoms with Gasteiger partial charge in [-0.05, 0) is 75.0 Å². The van der Waals surface area contributed by atoms with Crippen molar-refractivity contribution in [3.05, 3.63) is 162 Å². The zero-order valence-corrected chi connectivity index (χ0v) is 26.6. The molecule has 1 aliphatic rings. The first-order valence-electron chi connectivity index (χ1n) is 16.1. The molecular formula is C43H28F3NS. The van der Waals surface area contributed by atoms with Crippen LogP contribution in [0.2, 0.25) is 0 Å². The summed E-state index contributed by atoms with van der Waals surface area (Å²) in [4.78, 5) is 5.44. The summed E-state index contributed by atoms with van der Waals surface area (Å²) in [5.74, 6) is -0.122. The third kappa shape index (κ3) is 4.72. The third-order valence-corrected chi connectivity index (χ3v) is 11.0. The lowest BCUT2D eigenvalue weighted by atomic mass is 9.82. The summed E-state index contributed by atoms with van der Waals surface area (Å²) in [6.07, 6.45) is -2.97. The van der Waals surface area contributed by atoms with Crippen molar-refractivity contribution in [3.63, 3.8) is 0 Å². The van der Waals surface area contributed by atoms with Gasteiger partial charge in [-0.3, -0.25) is 4.99 Å². The molecule has 0 bridgehead atoms. The first-order valence-corrected chi connectivity index (χ1v) is 16.9. The van der Waals surface area contributed by atoms with Gasteiger partial charge in [-0.15, -0.1) is 11.3 Å². The van der Waals surface area contributed by atoms with Crippen molar-refractivity contribution in [2.75, 3.05) is 0 Å². The van der Waals surface area contributed by atoms with E-state index in [0.29, 0.717) is 6.42 Å². The minimum Gasteiger partial charge on any atom is -0.252 e. The molecule has 0 N–H and O–H groups in total. The molecular weight excluding hydrogens is 620 g/mol. The maximum Gasteiger partial charge on any atom is 0.416 e. The fourth-order valence-electron chi connectivity index (χ4n) is 7.50. The Morgan fingerprint density at radius 2 is 1.17 bits per heavy atom. The first kappa shape index (κ1) is 28.9. The van der Waals surface area contributed by atoms with Crippen LogP contribution in [-0.4, -0.2) is 5.71 Å². The van der Waals surface area contributed by atoms with Crippen molar-refractivity contribution in [3.8, 4) is 11.1 Å². The van der Waals surface area contributed by atoms with Crippen LogP contribution in [-0.2, 0) is 6.18 Å². The van der Waals surface area contributed by atoms with E-state index in [1.54, 1.807) is 12.1 Å². The average Bonchev–Trinajstić information content (AvgIpc) is 3.38. The van der Waals surface area contributed by atoms with E-state index in [0.717, 1.165) is 61.6 Å². The molecule has 0 amide bonds. The summed E-state index contributed by atoms with van der Waals surface area (Å²) >= 11 is 1.83. The van der Waals surface area contributed by atoms with Gasteiger partial charge in [-0.2, -0.15) is 13.2 Å². The standard InChI is InChI=1S/C43H28F3NS/c44-43(45,46)29-22-20-26(21-23-29)30-24-25-38(47-41-36-12-4-2-9-33(36)32-8-1-3-11-35(32)40(30)41)28-18-16-27(17-19-28)31-13-7-14-37-34-10-5-6-15-39(34)48-42(31)37/h1-23,30H,24-25H2. The molecule has 7 aromatic carbocycles. The summed E-state index contributed by atoms with van der Waals surface area (Å²) in [6, 6.07) is 46.2. The molecule has 0 spiro atoms. The number of hydrogen-bond acceptors (Lipinski definition) is 2. The Morgan fingerprint density at radius 3 is 1.90 bits per heavy atom. The summed E-state index contributed by atoms with van der Waals surface area (Å²) in [6.45, 7) is 0. The molecule has 0 saturated heterocycles. The summed E-state index contributed by atoms with van der Waals surface area (Å²) < 4.78 is 43.2. The van der Waals surface area contributed by atoms with E-state index in [1.807, 2.05) is 35.6 Å². The molecule has 2 heterocycles. The number of thiophene rings is 1. The molecule has 0 fully saturated rings. The van der Waals surface area contributed by atoms with Crippen LogP contribution in [0.5, 0.6) is 0 Å². The molecule has 0 saturated carbocycles. The van der Waals surface area contributed by atoms with Crippen molar-refractivity contribution < 1.29 is 13.2 Å². The van der Waals surface area contributed by atoms with Gasteiger partial charge >= 0.3 is 6.18 Å². The lowest BCUT2D eigenvalue weighted by Gasteiger charge is -2.22. The Bertz CT molecular complexity index is 2540. The highest BCUT2D eigenvalue weighted by molar-refractivity contribution is 7.26. The lowest BCUT2D eigenvalue weighted by Crippen LogP contribution is -2.07. The number of aliphatic imine (C=N–C) groups is 1. The van der Waals surface area contributed by atoms with E-state index in [2.05, 4.69) is 91.0 Å². The van der Waals surface area contributed by atoms with Crippen molar-refractivity contribution >= 4 is 64.5 Å². The Labute approximate surface area is 279 Å². The number of fused-ring (bicyclic) bond motifs is 9. The van der Waals surface area contributed by atoms with E-state index < -0.39 is 11.7 Å². The van der Waals surface area contributed by atoms with E-state index in [1.165, 1.54) is 37.9 Å². The second-order valence-electron chi connectivity index (χ2n) is 12.5. The third-order valence-electron chi connectivity index (χ3n) is 9.78. The van der Waals surface area contributed by atoms with Crippen LogP contribution in [0.4, 0.5) is 18.9 Å². The molecule has 48 heavy (non-hydrogen) atoms. The molecule has 1 aliphatic heterocycles. The van der Waals surface area contributed by atoms with Crippen LogP contribution in [0.1, 0.15) is 41.0 Å². The maximum absolute atomic E-state index is 13.5. The predicted octanol–water partition coefficient (Wildman–Crippen LogP) is 13.1. The van der Waals surface area contributed by atoms with Crippen LogP contribution >= 0.6 is 11.3 Å². The van der Waals surface area contributed by atoms with E-state index in [4.69, 9.17) is 4.99 Å². The number of hydrogen-bond donors (Lipinski definition) is 0. The van der Waals surface area contributed by atoms with Crippen molar-refractivity contribution in [1.29, 1.82) is 0 Å². The van der Waals surface area contributed by atoms with Gasteiger partial charge in [0.05, 0.1) is 11.3 Å². The fraction of sp³-hybridized carbons (Fsp3) is 0.0930. The molecule has 1 atom stereocenters. The largest absolute Gasteiger partial charge is 0.416 e. The molecule has 0 radical (unpaired) electrons. The number of benzene rings is 7. The maximum atomic E-state index is 13.5. The second kappa shape index (κ2) is 11.2. The van der Waals surface area contributed by atoms with E-state index in [9.17, 15) is 13.2 Å². The Hall–Kier alpha value is -5.26. The van der Waals surface area contributed by atoms with Crippen LogP contribution in [0.15, 0.2) is 145 Å². The van der Waals surface area contributed by atoms with Gasteiger partial charge in [0.1, 0.15) is 0 Å². The zero-order valence-electron chi connectivity index (χ0n) is 25.8. The Kier molecular flexibility index (Phi) is 6.73. The zero-order chi connectivity index (χ0) is 32.4. The van der Waals surface area contributed by atoms with Gasteiger partial charge in [0.2, 0.25) is 0 Å². The number of nitrogens with zero attached hydrogens (tertiary/aromatic N) is 1. The molecule has 232 valence electrons. The highest BCUT2D eigenvalue weighted by Gasteiger charge is 2.32. The highest BCUT2D eigenvalue weighted by atomic mass is 32.1. The van der Waals surface area contributed by atoms with Crippen LogP contribution in [0.25, 0.3) is 52.8 Å².